The molecular weight excluding hydrogens is 290 g/mol. The molecule has 0 aliphatic carbocycles. The van der Waals surface area contributed by atoms with E-state index in [-0.39, 0.29) is 11.8 Å². The number of imidazole rings is 1. The summed E-state index contributed by atoms with van der Waals surface area (Å²) in [4.78, 5) is 12.4. The maximum atomic E-state index is 12.4. The highest BCUT2D eigenvalue weighted by Gasteiger charge is 2.21. The number of aryl methyl sites for hydroxylation is 1. The molecule has 7 heteroatoms. The van der Waals surface area contributed by atoms with Crippen molar-refractivity contribution >= 4 is 21.5 Å². The van der Waals surface area contributed by atoms with Crippen LogP contribution in [0.4, 0.5) is 5.69 Å². The molecule has 1 heterocycles. The third kappa shape index (κ3) is 3.91. The van der Waals surface area contributed by atoms with Gasteiger partial charge in [-0.25, -0.2) is 17.6 Å². The lowest BCUT2D eigenvalue weighted by Crippen LogP contribution is -2.25. The molecule has 1 unspecified atom stereocenters. The minimum absolute atomic E-state index is 0.0305. The summed E-state index contributed by atoms with van der Waals surface area (Å²) >= 11 is 0. The van der Waals surface area contributed by atoms with Crippen molar-refractivity contribution in [3.63, 3.8) is 0 Å². The molecule has 112 valence electrons. The number of ketones is 1. The standard InChI is InChI=1S/C14H17N3O3S/c1-11(17-9-8-16(2)10-17)14(18)12-4-6-13(7-5-12)15-21(3,19)20/h4-11H,1-3H3/p+1. The van der Waals surface area contributed by atoms with Gasteiger partial charge in [0.1, 0.15) is 12.4 Å². The number of Topliss-reactive ketones (excluding diaryl/α,β-unsaturated/α-hetero) is 1. The summed E-state index contributed by atoms with van der Waals surface area (Å²) in [6, 6.07) is 6.08. The Morgan fingerprint density at radius 3 is 2.38 bits per heavy atom. The predicted octanol–water partition coefficient (Wildman–Crippen LogP) is 1.13. The smallest absolute Gasteiger partial charge is 0.244 e. The van der Waals surface area contributed by atoms with Crippen LogP contribution in [0.5, 0.6) is 0 Å². The van der Waals surface area contributed by atoms with E-state index in [0.29, 0.717) is 11.3 Å². The van der Waals surface area contributed by atoms with E-state index in [0.717, 1.165) is 6.26 Å². The Bertz CT molecular complexity index is 748. The summed E-state index contributed by atoms with van der Waals surface area (Å²) in [5, 5.41) is 0. The van der Waals surface area contributed by atoms with Crippen LogP contribution in [0.3, 0.4) is 0 Å². The molecule has 0 bridgehead atoms. The number of nitrogens with one attached hydrogen (secondary N) is 1. The molecule has 0 saturated heterocycles. The van der Waals surface area contributed by atoms with Gasteiger partial charge in [0.25, 0.3) is 0 Å². The van der Waals surface area contributed by atoms with Crippen molar-refractivity contribution in [2.75, 3.05) is 11.0 Å². The molecule has 0 spiro atoms. The highest BCUT2D eigenvalue weighted by Crippen LogP contribution is 2.16. The van der Waals surface area contributed by atoms with Gasteiger partial charge in [0.2, 0.25) is 22.1 Å². The number of aromatic nitrogens is 2. The topological polar surface area (TPSA) is 72.0 Å². The number of sulfonamides is 1. The van der Waals surface area contributed by atoms with E-state index in [4.69, 9.17) is 0 Å². The summed E-state index contributed by atoms with van der Waals surface area (Å²) in [5.74, 6) is -0.0305. The second-order valence-corrected chi connectivity index (χ2v) is 6.77. The molecule has 0 aliphatic rings. The van der Waals surface area contributed by atoms with E-state index in [1.165, 1.54) is 0 Å². The van der Waals surface area contributed by atoms with Crippen molar-refractivity contribution in [3.8, 4) is 0 Å². The van der Waals surface area contributed by atoms with Crippen LogP contribution in [-0.2, 0) is 17.1 Å². The molecule has 1 aromatic carbocycles. The largest absolute Gasteiger partial charge is 0.289 e. The fourth-order valence-electron chi connectivity index (χ4n) is 1.99. The van der Waals surface area contributed by atoms with Gasteiger partial charge >= 0.3 is 0 Å². The van der Waals surface area contributed by atoms with Crippen LogP contribution in [0, 0.1) is 0 Å². The van der Waals surface area contributed by atoms with Gasteiger partial charge in [-0.3, -0.25) is 9.52 Å². The number of carbonyl (C=O) groups is 1. The quantitative estimate of drug-likeness (QED) is 0.665. The first-order valence-corrected chi connectivity index (χ1v) is 8.30. The van der Waals surface area contributed by atoms with Gasteiger partial charge in [-0.05, 0) is 31.2 Å². The number of benzene rings is 1. The maximum absolute atomic E-state index is 12.4. The average Bonchev–Trinajstić information content (AvgIpc) is 2.83. The fourth-order valence-corrected chi connectivity index (χ4v) is 2.56. The molecule has 21 heavy (non-hydrogen) atoms. The second kappa shape index (κ2) is 5.69. The van der Waals surface area contributed by atoms with Gasteiger partial charge in [-0.2, -0.15) is 0 Å². The lowest BCUT2D eigenvalue weighted by molar-refractivity contribution is -0.671. The Labute approximate surface area is 124 Å². The first-order valence-electron chi connectivity index (χ1n) is 6.41. The zero-order chi connectivity index (χ0) is 15.6. The zero-order valence-corrected chi connectivity index (χ0v) is 13.0. The lowest BCUT2D eigenvalue weighted by atomic mass is 10.1. The highest BCUT2D eigenvalue weighted by atomic mass is 32.2. The Kier molecular flexibility index (Phi) is 4.13. The van der Waals surface area contributed by atoms with Gasteiger partial charge in [0.05, 0.1) is 13.3 Å². The summed E-state index contributed by atoms with van der Waals surface area (Å²) in [5.41, 5.74) is 0.979. The number of nitrogens with zero attached hydrogens (tertiary/aromatic N) is 2. The molecule has 2 aromatic rings. The normalized spacial score (nSPS) is 12.9. The Morgan fingerprint density at radius 1 is 1.29 bits per heavy atom. The molecule has 0 fully saturated rings. The summed E-state index contributed by atoms with van der Waals surface area (Å²) < 4.78 is 28.3. The number of carbonyl (C=O) groups excluding carboxylic acids is 1. The molecule has 0 saturated carbocycles. The van der Waals surface area contributed by atoms with E-state index in [2.05, 4.69) is 4.72 Å². The first kappa shape index (κ1) is 15.2. The van der Waals surface area contributed by atoms with Crippen molar-refractivity contribution in [2.45, 2.75) is 13.0 Å². The van der Waals surface area contributed by atoms with Gasteiger partial charge < -0.3 is 0 Å². The number of hydrogen-bond acceptors (Lipinski definition) is 3. The van der Waals surface area contributed by atoms with Gasteiger partial charge in [-0.1, -0.05) is 0 Å². The van der Waals surface area contributed by atoms with Crippen molar-refractivity contribution in [1.29, 1.82) is 0 Å². The van der Waals surface area contributed by atoms with Crippen molar-refractivity contribution in [1.82, 2.24) is 4.57 Å². The maximum Gasteiger partial charge on any atom is 0.244 e. The van der Waals surface area contributed by atoms with Crippen LogP contribution in [-0.4, -0.2) is 25.0 Å². The van der Waals surface area contributed by atoms with E-state index in [1.54, 1.807) is 24.3 Å². The molecule has 1 atom stereocenters. The van der Waals surface area contributed by atoms with Crippen molar-refractivity contribution in [3.05, 3.63) is 48.5 Å². The summed E-state index contributed by atoms with van der Waals surface area (Å²) in [6.07, 6.45) is 6.62. The molecule has 2 rings (SSSR count). The molecule has 1 aromatic heterocycles. The molecular formula is C14H18N3O3S+. The summed E-state index contributed by atoms with van der Waals surface area (Å²) in [6.45, 7) is 1.82. The molecule has 6 nitrogen and oxygen atoms in total. The molecule has 0 amide bonds. The molecule has 0 radical (unpaired) electrons. The predicted molar refractivity (Wildman–Crippen MR) is 79.6 cm³/mol. The lowest BCUT2D eigenvalue weighted by Gasteiger charge is -2.08. The van der Waals surface area contributed by atoms with Gasteiger partial charge in [-0.15, -0.1) is 0 Å². The van der Waals surface area contributed by atoms with Crippen LogP contribution in [0.15, 0.2) is 43.0 Å². The van der Waals surface area contributed by atoms with E-state index >= 15 is 0 Å². The van der Waals surface area contributed by atoms with Crippen molar-refractivity contribution < 1.29 is 17.8 Å². The monoisotopic (exact) mass is 308 g/mol. The Hall–Kier alpha value is -2.15. The van der Waals surface area contributed by atoms with Crippen LogP contribution >= 0.6 is 0 Å². The number of rotatable bonds is 5. The van der Waals surface area contributed by atoms with Crippen LogP contribution < -0.4 is 9.29 Å². The number of hydrogen-bond donors (Lipinski definition) is 1. The fraction of sp³-hybridized carbons (Fsp3) is 0.286. The van der Waals surface area contributed by atoms with E-state index < -0.39 is 10.0 Å². The Morgan fingerprint density at radius 2 is 1.90 bits per heavy atom. The van der Waals surface area contributed by atoms with Crippen molar-refractivity contribution in [2.24, 2.45) is 7.05 Å². The van der Waals surface area contributed by atoms with Crippen LogP contribution in [0.1, 0.15) is 23.3 Å². The minimum atomic E-state index is -3.31. The highest BCUT2D eigenvalue weighted by molar-refractivity contribution is 7.92. The zero-order valence-electron chi connectivity index (χ0n) is 12.1. The third-order valence-corrected chi connectivity index (χ3v) is 3.70. The second-order valence-electron chi connectivity index (χ2n) is 5.02. The third-order valence-electron chi connectivity index (χ3n) is 3.09. The molecule has 1 N–H and O–H groups in total. The van der Waals surface area contributed by atoms with E-state index in [9.17, 15) is 13.2 Å². The SMILES string of the molecule is CC(C(=O)c1ccc(NS(C)(=O)=O)cc1)n1cc[n+](C)c1. The Balaban J connectivity index is 2.16. The minimum Gasteiger partial charge on any atom is -0.289 e. The number of anilines is 1. The summed E-state index contributed by atoms with van der Waals surface area (Å²) in [7, 11) is -1.42. The van der Waals surface area contributed by atoms with Gasteiger partial charge in [0, 0.05) is 11.3 Å². The van der Waals surface area contributed by atoms with E-state index in [1.807, 2.05) is 41.8 Å². The van der Waals surface area contributed by atoms with Crippen LogP contribution in [0.2, 0.25) is 0 Å². The average molecular weight is 308 g/mol. The first-order chi connectivity index (χ1) is 9.76. The van der Waals surface area contributed by atoms with Gasteiger partial charge in [0.15, 0.2) is 6.04 Å². The van der Waals surface area contributed by atoms with Crippen LogP contribution in [0.25, 0.3) is 0 Å². The molecule has 0 aliphatic heterocycles.